The summed E-state index contributed by atoms with van der Waals surface area (Å²) < 4.78 is 6.92. The lowest BCUT2D eigenvalue weighted by Crippen LogP contribution is -2.49. The normalized spacial score (nSPS) is 15.3. The van der Waals surface area contributed by atoms with E-state index in [0.717, 1.165) is 5.56 Å². The third kappa shape index (κ3) is 5.60. The molecule has 1 N–H and O–H groups in total. The minimum absolute atomic E-state index is 0.210. The minimum Gasteiger partial charge on any atom is -0.503 e. The van der Waals surface area contributed by atoms with Gasteiger partial charge in [0.1, 0.15) is 5.60 Å². The number of ether oxygens (including phenoxy) is 1. The lowest BCUT2D eigenvalue weighted by Gasteiger charge is -2.35. The van der Waals surface area contributed by atoms with Crippen LogP contribution in [0.4, 0.5) is 4.79 Å². The Morgan fingerprint density at radius 3 is 2.31 bits per heavy atom. The van der Waals surface area contributed by atoms with E-state index >= 15 is 0 Å². The van der Waals surface area contributed by atoms with Gasteiger partial charge < -0.3 is 19.3 Å². The maximum absolute atomic E-state index is 12.5. The van der Waals surface area contributed by atoms with Crippen molar-refractivity contribution in [3.8, 4) is 5.75 Å². The molecule has 7 heteroatoms. The van der Waals surface area contributed by atoms with Crippen molar-refractivity contribution in [3.63, 3.8) is 0 Å². The molecule has 0 unspecified atom stereocenters. The average molecular weight is 399 g/mol. The van der Waals surface area contributed by atoms with Crippen LogP contribution in [0.1, 0.15) is 31.9 Å². The van der Waals surface area contributed by atoms with Gasteiger partial charge in [-0.25, -0.2) is 4.79 Å². The number of rotatable bonds is 4. The van der Waals surface area contributed by atoms with E-state index in [1.165, 1.54) is 4.57 Å². The van der Waals surface area contributed by atoms with Gasteiger partial charge >= 0.3 is 6.09 Å². The van der Waals surface area contributed by atoms with Crippen molar-refractivity contribution < 1.29 is 14.6 Å². The Kier molecular flexibility index (Phi) is 6.27. The molecule has 156 valence electrons. The molecule has 0 spiro atoms. The molecule has 0 radical (unpaired) electrons. The van der Waals surface area contributed by atoms with Crippen molar-refractivity contribution in [2.75, 3.05) is 26.2 Å². The number of carbonyl (C=O) groups excluding carboxylic acids is 1. The van der Waals surface area contributed by atoms with Crippen LogP contribution in [0.2, 0.25) is 0 Å². The molecule has 7 nitrogen and oxygen atoms in total. The van der Waals surface area contributed by atoms with Gasteiger partial charge in [0, 0.05) is 44.5 Å². The fourth-order valence-electron chi connectivity index (χ4n) is 3.29. The van der Waals surface area contributed by atoms with Gasteiger partial charge in [-0.15, -0.1) is 0 Å². The second-order valence-corrected chi connectivity index (χ2v) is 8.35. The Labute approximate surface area is 171 Å². The highest BCUT2D eigenvalue weighted by Crippen LogP contribution is 2.17. The van der Waals surface area contributed by atoms with Crippen molar-refractivity contribution >= 4 is 6.09 Å². The van der Waals surface area contributed by atoms with Crippen LogP contribution in [0.25, 0.3) is 0 Å². The Bertz CT molecular complexity index is 895. The quantitative estimate of drug-likeness (QED) is 0.856. The molecule has 0 aliphatic carbocycles. The molecule has 1 amide bonds. The van der Waals surface area contributed by atoms with E-state index in [4.69, 9.17) is 4.74 Å². The zero-order valence-electron chi connectivity index (χ0n) is 17.3. The smallest absolute Gasteiger partial charge is 0.410 e. The standard InChI is InChI=1S/C22H29N3O4/c1-22(2,3)29-21(28)24-13-11-23(12-14-24)16-18-9-10-25(20(27)19(18)26)15-17-7-5-4-6-8-17/h4-10,26H,11-16H2,1-3H3. The minimum atomic E-state index is -0.510. The molecule has 2 aromatic rings. The highest BCUT2D eigenvalue weighted by Gasteiger charge is 2.26. The van der Waals surface area contributed by atoms with Crippen LogP contribution in [0.3, 0.4) is 0 Å². The van der Waals surface area contributed by atoms with Crippen LogP contribution in [-0.4, -0.2) is 57.3 Å². The molecular weight excluding hydrogens is 370 g/mol. The van der Waals surface area contributed by atoms with Crippen LogP contribution >= 0.6 is 0 Å². The topological polar surface area (TPSA) is 75.0 Å². The Hall–Kier alpha value is -2.80. The van der Waals surface area contributed by atoms with Gasteiger partial charge in [-0.05, 0) is 32.4 Å². The predicted octanol–water partition coefficient (Wildman–Crippen LogP) is 2.65. The van der Waals surface area contributed by atoms with E-state index < -0.39 is 11.2 Å². The van der Waals surface area contributed by atoms with Crippen molar-refractivity contribution in [2.45, 2.75) is 39.5 Å². The molecule has 1 aromatic carbocycles. The van der Waals surface area contributed by atoms with Crippen LogP contribution < -0.4 is 5.56 Å². The van der Waals surface area contributed by atoms with Crippen molar-refractivity contribution in [1.29, 1.82) is 0 Å². The van der Waals surface area contributed by atoms with E-state index in [-0.39, 0.29) is 11.8 Å². The third-order valence-corrected chi connectivity index (χ3v) is 4.84. The lowest BCUT2D eigenvalue weighted by atomic mass is 10.2. The summed E-state index contributed by atoms with van der Waals surface area (Å²) in [6, 6.07) is 11.5. The molecule has 1 fully saturated rings. The van der Waals surface area contributed by atoms with Crippen molar-refractivity contribution in [2.24, 2.45) is 0 Å². The van der Waals surface area contributed by atoms with Gasteiger partial charge in [0.2, 0.25) is 0 Å². The second-order valence-electron chi connectivity index (χ2n) is 8.35. The second kappa shape index (κ2) is 8.69. The summed E-state index contributed by atoms with van der Waals surface area (Å²) in [6.07, 6.45) is 1.42. The van der Waals surface area contributed by atoms with Gasteiger partial charge in [0.05, 0.1) is 6.54 Å². The molecule has 0 atom stereocenters. The van der Waals surface area contributed by atoms with Gasteiger partial charge in [0.25, 0.3) is 5.56 Å². The largest absolute Gasteiger partial charge is 0.503 e. The number of benzene rings is 1. The first-order chi connectivity index (χ1) is 13.7. The summed E-state index contributed by atoms with van der Waals surface area (Å²) in [5.41, 5.74) is 0.702. The number of aromatic hydroxyl groups is 1. The van der Waals surface area contributed by atoms with E-state index in [1.807, 2.05) is 51.1 Å². The summed E-state index contributed by atoms with van der Waals surface area (Å²) in [6.45, 7) is 8.87. The van der Waals surface area contributed by atoms with Crippen molar-refractivity contribution in [1.82, 2.24) is 14.4 Å². The number of pyridine rings is 1. The lowest BCUT2D eigenvalue weighted by molar-refractivity contribution is 0.0138. The molecule has 1 saturated heterocycles. The number of amides is 1. The zero-order chi connectivity index (χ0) is 21.0. The molecule has 2 heterocycles. The predicted molar refractivity (Wildman–Crippen MR) is 111 cm³/mol. The monoisotopic (exact) mass is 399 g/mol. The summed E-state index contributed by atoms with van der Waals surface area (Å²) >= 11 is 0. The first kappa shape index (κ1) is 20.9. The summed E-state index contributed by atoms with van der Waals surface area (Å²) in [7, 11) is 0. The number of hydrogen-bond acceptors (Lipinski definition) is 5. The number of carbonyl (C=O) groups is 1. The SMILES string of the molecule is CC(C)(C)OC(=O)N1CCN(Cc2ccn(Cc3ccccc3)c(=O)c2O)CC1. The molecule has 1 aromatic heterocycles. The zero-order valence-corrected chi connectivity index (χ0v) is 17.3. The van der Waals surface area contributed by atoms with E-state index in [0.29, 0.717) is 44.8 Å². The first-order valence-corrected chi connectivity index (χ1v) is 9.88. The van der Waals surface area contributed by atoms with Crippen LogP contribution in [0, 0.1) is 0 Å². The molecule has 1 aliphatic rings. The summed E-state index contributed by atoms with van der Waals surface area (Å²) in [5, 5.41) is 10.4. The molecular formula is C22H29N3O4. The number of hydrogen-bond donors (Lipinski definition) is 1. The van der Waals surface area contributed by atoms with Crippen LogP contribution in [0.15, 0.2) is 47.4 Å². The fourth-order valence-corrected chi connectivity index (χ4v) is 3.29. The van der Waals surface area contributed by atoms with E-state index in [2.05, 4.69) is 4.90 Å². The maximum atomic E-state index is 12.5. The van der Waals surface area contributed by atoms with Crippen LogP contribution in [-0.2, 0) is 17.8 Å². The fraction of sp³-hybridized carbons (Fsp3) is 0.455. The molecule has 1 aliphatic heterocycles. The van der Waals surface area contributed by atoms with Gasteiger partial charge in [-0.1, -0.05) is 30.3 Å². The molecule has 0 saturated carbocycles. The summed E-state index contributed by atoms with van der Waals surface area (Å²) in [4.78, 5) is 28.5. The third-order valence-electron chi connectivity index (χ3n) is 4.84. The first-order valence-electron chi connectivity index (χ1n) is 9.88. The highest BCUT2D eigenvalue weighted by molar-refractivity contribution is 5.68. The van der Waals surface area contributed by atoms with E-state index in [9.17, 15) is 14.7 Å². The molecule has 3 rings (SSSR count). The molecule has 0 bridgehead atoms. The Morgan fingerprint density at radius 1 is 1.03 bits per heavy atom. The Balaban J connectivity index is 1.59. The molecule has 29 heavy (non-hydrogen) atoms. The summed E-state index contributed by atoms with van der Waals surface area (Å²) in [5.74, 6) is -0.210. The number of aromatic nitrogens is 1. The van der Waals surface area contributed by atoms with Gasteiger partial charge in [-0.2, -0.15) is 0 Å². The van der Waals surface area contributed by atoms with E-state index in [1.54, 1.807) is 17.2 Å². The maximum Gasteiger partial charge on any atom is 0.410 e. The number of nitrogens with zero attached hydrogens (tertiary/aromatic N) is 3. The highest BCUT2D eigenvalue weighted by atomic mass is 16.6. The average Bonchev–Trinajstić information content (AvgIpc) is 2.68. The Morgan fingerprint density at radius 2 is 1.69 bits per heavy atom. The van der Waals surface area contributed by atoms with Gasteiger partial charge in [0.15, 0.2) is 5.75 Å². The number of piperazine rings is 1. The van der Waals surface area contributed by atoms with Crippen LogP contribution in [0.5, 0.6) is 5.75 Å². The van der Waals surface area contributed by atoms with Crippen molar-refractivity contribution in [3.05, 3.63) is 64.1 Å². The van der Waals surface area contributed by atoms with Gasteiger partial charge in [-0.3, -0.25) is 9.69 Å².